The molecular formula is C2HClF4. The molecule has 7 heavy (non-hydrogen) atoms. The minimum atomic E-state index is -4.90. The van der Waals surface area contributed by atoms with E-state index < -0.39 is 11.8 Å². The Morgan fingerprint density at radius 1 is 1.29 bits per heavy atom. The Morgan fingerprint density at radius 2 is 1.43 bits per heavy atom. The molecule has 0 aromatic heterocycles. The zero-order valence-corrected chi connectivity index (χ0v) is 3.72. The van der Waals surface area contributed by atoms with Crippen LogP contribution in [0.5, 0.6) is 0 Å². The molecule has 0 heterocycles. The van der Waals surface area contributed by atoms with Crippen LogP contribution in [-0.4, -0.2) is 11.8 Å². The topological polar surface area (TPSA) is 0 Å². The van der Waals surface area contributed by atoms with Crippen LogP contribution in [0.2, 0.25) is 0 Å². The molecule has 0 aromatic carbocycles. The van der Waals surface area contributed by atoms with Crippen molar-refractivity contribution in [1.29, 1.82) is 0 Å². The van der Waals surface area contributed by atoms with Gasteiger partial charge in [0.05, 0.1) is 0 Å². The van der Waals surface area contributed by atoms with Crippen molar-refractivity contribution in [2.24, 2.45) is 0 Å². The first-order valence-corrected chi connectivity index (χ1v) is 1.73. The average Bonchev–Trinajstić information content (AvgIpc) is 1.31. The predicted octanol–water partition coefficient (Wildman–Crippen LogP) is 2.08. The van der Waals surface area contributed by atoms with E-state index in [-0.39, 0.29) is 0 Å². The van der Waals surface area contributed by atoms with Gasteiger partial charge in [0.25, 0.3) is 5.63 Å². The molecule has 0 N–H and O–H groups in total. The summed E-state index contributed by atoms with van der Waals surface area (Å²) in [5.41, 5.74) is -3.23. The van der Waals surface area contributed by atoms with Crippen LogP contribution in [0, 0.1) is 0 Å². The predicted molar refractivity (Wildman–Crippen MR) is 16.8 cm³/mol. The summed E-state index contributed by atoms with van der Waals surface area (Å²) in [5, 5.41) is 0. The second-order valence-corrected chi connectivity index (χ2v) is 1.23. The molecule has 0 spiro atoms. The molecule has 0 amide bonds. The van der Waals surface area contributed by atoms with Gasteiger partial charge >= 0.3 is 6.18 Å². The molecule has 0 rings (SSSR count). The molecule has 0 aliphatic carbocycles. The highest BCUT2D eigenvalue weighted by Crippen LogP contribution is 2.24. The van der Waals surface area contributed by atoms with Gasteiger partial charge in [-0.25, -0.2) is 4.39 Å². The minimum absolute atomic E-state index is 3.23. The maximum absolute atomic E-state index is 10.8. The third kappa shape index (κ3) is 2.68. The molecule has 0 aliphatic rings. The second kappa shape index (κ2) is 1.86. The van der Waals surface area contributed by atoms with Crippen molar-refractivity contribution < 1.29 is 17.6 Å². The van der Waals surface area contributed by atoms with Crippen LogP contribution >= 0.6 is 11.6 Å². The summed E-state index contributed by atoms with van der Waals surface area (Å²) in [7, 11) is 0. The van der Waals surface area contributed by atoms with Crippen LogP contribution in [0.4, 0.5) is 17.6 Å². The van der Waals surface area contributed by atoms with Gasteiger partial charge in [-0.1, -0.05) is 11.6 Å². The van der Waals surface area contributed by atoms with Crippen molar-refractivity contribution in [2.75, 3.05) is 0 Å². The van der Waals surface area contributed by atoms with Gasteiger partial charge in [-0.2, -0.15) is 13.2 Å². The summed E-state index contributed by atoms with van der Waals surface area (Å²) in [6, 6.07) is 0. The van der Waals surface area contributed by atoms with Crippen molar-refractivity contribution in [1.82, 2.24) is 0 Å². The fourth-order valence-electron chi connectivity index (χ4n) is 0. The van der Waals surface area contributed by atoms with Gasteiger partial charge in [-0.05, 0) is 0 Å². The van der Waals surface area contributed by atoms with E-state index in [1.165, 1.54) is 0 Å². The molecule has 0 aliphatic heterocycles. The molecule has 5 heteroatoms. The van der Waals surface area contributed by atoms with Crippen LogP contribution in [0.15, 0.2) is 0 Å². The van der Waals surface area contributed by atoms with Gasteiger partial charge in [-0.3, -0.25) is 0 Å². The highest BCUT2D eigenvalue weighted by molar-refractivity contribution is 6.20. The lowest BCUT2D eigenvalue weighted by Crippen LogP contribution is -2.17. The minimum Gasteiger partial charge on any atom is -0.220 e. The molecule has 0 bridgehead atoms. The molecule has 0 saturated heterocycles. The first-order chi connectivity index (χ1) is 2.94. The molecule has 0 saturated carbocycles. The normalized spacial score (nSPS) is 16.7. The summed E-state index contributed by atoms with van der Waals surface area (Å²) >= 11 is 3.96. The molecule has 1 atom stereocenters. The van der Waals surface area contributed by atoms with Gasteiger partial charge in [0, 0.05) is 0 Å². The summed E-state index contributed by atoms with van der Waals surface area (Å²) < 4.78 is 42.9. The molecular weight excluding hydrogens is 135 g/mol. The maximum atomic E-state index is 10.8. The summed E-state index contributed by atoms with van der Waals surface area (Å²) in [6.45, 7) is 0. The van der Waals surface area contributed by atoms with Crippen LogP contribution < -0.4 is 0 Å². The fraction of sp³-hybridized carbons (Fsp3) is 1.00. The van der Waals surface area contributed by atoms with Crippen molar-refractivity contribution in [2.45, 2.75) is 11.8 Å². The summed E-state index contributed by atoms with van der Waals surface area (Å²) in [6.07, 6.45) is -4.90. The highest BCUT2D eigenvalue weighted by atomic mass is 35.5. The Bertz CT molecular complexity index is 55.2. The Kier molecular flexibility index (Phi) is 1.86. The molecule has 0 fully saturated rings. The number of halogens is 5. The monoisotopic (exact) mass is 136 g/mol. The lowest BCUT2D eigenvalue weighted by molar-refractivity contribution is -0.156. The van der Waals surface area contributed by atoms with E-state index in [4.69, 9.17) is 0 Å². The van der Waals surface area contributed by atoms with Gasteiger partial charge in [0.2, 0.25) is 0 Å². The Morgan fingerprint density at radius 3 is 1.43 bits per heavy atom. The Hall–Kier alpha value is 0.01000. The largest absolute Gasteiger partial charge is 0.433 e. The first-order valence-electron chi connectivity index (χ1n) is 1.29. The van der Waals surface area contributed by atoms with Gasteiger partial charge in [0.1, 0.15) is 0 Å². The van der Waals surface area contributed by atoms with Crippen LogP contribution in [0.1, 0.15) is 0 Å². The maximum Gasteiger partial charge on any atom is 0.433 e. The second-order valence-electron chi connectivity index (χ2n) is 0.842. The van der Waals surface area contributed by atoms with Crippen molar-refractivity contribution in [3.63, 3.8) is 0 Å². The van der Waals surface area contributed by atoms with Gasteiger partial charge in [0.15, 0.2) is 0 Å². The van der Waals surface area contributed by atoms with E-state index in [0.717, 1.165) is 0 Å². The van der Waals surface area contributed by atoms with Crippen LogP contribution in [0.3, 0.4) is 0 Å². The molecule has 44 valence electrons. The van der Waals surface area contributed by atoms with Crippen LogP contribution in [-0.2, 0) is 0 Å². The lowest BCUT2D eigenvalue weighted by Gasteiger charge is -2.01. The van der Waals surface area contributed by atoms with E-state index in [1.807, 2.05) is 0 Å². The zero-order valence-electron chi connectivity index (χ0n) is 2.97. The van der Waals surface area contributed by atoms with E-state index in [9.17, 15) is 17.6 Å². The number of hydrogen-bond donors (Lipinski definition) is 0. The summed E-state index contributed by atoms with van der Waals surface area (Å²) in [4.78, 5) is 0. The van der Waals surface area contributed by atoms with E-state index in [2.05, 4.69) is 11.6 Å². The summed E-state index contributed by atoms with van der Waals surface area (Å²) in [5.74, 6) is 0. The van der Waals surface area contributed by atoms with Crippen molar-refractivity contribution in [3.8, 4) is 0 Å². The highest BCUT2D eigenvalue weighted by Gasteiger charge is 2.38. The smallest absolute Gasteiger partial charge is 0.220 e. The first kappa shape index (κ1) is 7.01. The van der Waals surface area contributed by atoms with Crippen molar-refractivity contribution >= 4 is 11.6 Å². The van der Waals surface area contributed by atoms with E-state index in [1.54, 1.807) is 0 Å². The standard InChI is InChI=1S/C2HClF4/c3-1(4)2(5,6)7/h1H/t1-/m0/s1. The lowest BCUT2D eigenvalue weighted by atomic mass is 10.7. The average molecular weight is 136 g/mol. The van der Waals surface area contributed by atoms with Gasteiger partial charge in [-0.15, -0.1) is 0 Å². The third-order valence-corrected chi connectivity index (χ3v) is 0.495. The SMILES string of the molecule is F[C@H](Cl)C(F)(F)F. The number of alkyl halides is 5. The molecule has 0 nitrogen and oxygen atoms in total. The molecule has 0 radical (unpaired) electrons. The third-order valence-electron chi connectivity index (χ3n) is 0.247. The van der Waals surface area contributed by atoms with Crippen molar-refractivity contribution in [3.05, 3.63) is 0 Å². The molecule has 0 unspecified atom stereocenters. The van der Waals surface area contributed by atoms with E-state index >= 15 is 0 Å². The van der Waals surface area contributed by atoms with E-state index in [0.29, 0.717) is 0 Å². The number of hydrogen-bond acceptors (Lipinski definition) is 0. The van der Waals surface area contributed by atoms with Crippen LogP contribution in [0.25, 0.3) is 0 Å². The number of rotatable bonds is 0. The zero-order chi connectivity index (χ0) is 6.08. The quantitative estimate of drug-likeness (QED) is 0.353. The Balaban J connectivity index is 3.54. The van der Waals surface area contributed by atoms with Gasteiger partial charge < -0.3 is 0 Å². The molecule has 0 aromatic rings. The Labute approximate surface area is 42.1 Å². The fourth-order valence-corrected chi connectivity index (χ4v) is 0.